The topological polar surface area (TPSA) is 0 Å². The monoisotopic (exact) mass is 328 g/mol. The quantitative estimate of drug-likeness (QED) is 0.313. The molecule has 2 aliphatic carbocycles. The van der Waals surface area contributed by atoms with Gasteiger partial charge in [-0.25, -0.2) is 0 Å². The van der Waals surface area contributed by atoms with E-state index in [9.17, 15) is 0 Å². The molecule has 108 valence electrons. The van der Waals surface area contributed by atoms with E-state index in [4.69, 9.17) is 0 Å². The van der Waals surface area contributed by atoms with Crippen molar-refractivity contribution in [3.63, 3.8) is 0 Å². The molecule has 4 aromatic rings. The lowest BCUT2D eigenvalue weighted by Gasteiger charge is -2.27. The Balaban J connectivity index is 1.89. The number of thiophene rings is 2. The minimum absolute atomic E-state index is 0.0831. The maximum Gasteiger partial charge on any atom is 0.0911 e. The highest BCUT2D eigenvalue weighted by molar-refractivity contribution is 7.13. The van der Waals surface area contributed by atoms with Crippen LogP contribution in [0.1, 0.15) is 20.9 Å². The molecule has 0 radical (unpaired) electrons. The van der Waals surface area contributed by atoms with Crippen LogP contribution in [0.5, 0.6) is 0 Å². The molecule has 1 spiro atoms. The van der Waals surface area contributed by atoms with E-state index in [2.05, 4.69) is 71.4 Å². The van der Waals surface area contributed by atoms with E-state index in [-0.39, 0.29) is 5.41 Å². The lowest BCUT2D eigenvalue weighted by Crippen LogP contribution is -2.23. The van der Waals surface area contributed by atoms with Crippen LogP contribution < -0.4 is 0 Å². The van der Waals surface area contributed by atoms with Gasteiger partial charge < -0.3 is 0 Å². The summed E-state index contributed by atoms with van der Waals surface area (Å²) in [5, 5.41) is 4.49. The molecular formula is C21H12S2. The highest BCUT2D eigenvalue weighted by Crippen LogP contribution is 2.65. The average Bonchev–Trinajstić information content (AvgIpc) is 3.33. The highest BCUT2D eigenvalue weighted by atomic mass is 32.1. The summed E-state index contributed by atoms with van der Waals surface area (Å²) in [5.74, 6) is 0. The fourth-order valence-electron chi connectivity index (χ4n) is 4.45. The lowest BCUT2D eigenvalue weighted by atomic mass is 9.78. The highest BCUT2D eigenvalue weighted by Gasteiger charge is 2.53. The van der Waals surface area contributed by atoms with E-state index >= 15 is 0 Å². The van der Waals surface area contributed by atoms with Gasteiger partial charge in [-0.15, -0.1) is 22.7 Å². The molecule has 23 heavy (non-hydrogen) atoms. The van der Waals surface area contributed by atoms with Gasteiger partial charge in [-0.3, -0.25) is 0 Å². The van der Waals surface area contributed by atoms with Gasteiger partial charge in [0.25, 0.3) is 0 Å². The van der Waals surface area contributed by atoms with Crippen LogP contribution in [0.15, 0.2) is 71.4 Å². The molecule has 0 fully saturated rings. The predicted octanol–water partition coefficient (Wildman–Crippen LogP) is 6.15. The van der Waals surface area contributed by atoms with Gasteiger partial charge in [0.1, 0.15) is 0 Å². The molecule has 6 rings (SSSR count). The summed E-state index contributed by atoms with van der Waals surface area (Å²) < 4.78 is 0. The van der Waals surface area contributed by atoms with Crippen LogP contribution >= 0.6 is 22.7 Å². The van der Waals surface area contributed by atoms with Gasteiger partial charge in [-0.05, 0) is 56.3 Å². The van der Waals surface area contributed by atoms with E-state index in [1.807, 2.05) is 22.7 Å². The van der Waals surface area contributed by atoms with Crippen LogP contribution in [0.4, 0.5) is 0 Å². The fraction of sp³-hybridized carbons (Fsp3) is 0.0476. The molecule has 0 saturated carbocycles. The summed E-state index contributed by atoms with van der Waals surface area (Å²) in [4.78, 5) is 2.99. The average molecular weight is 328 g/mol. The van der Waals surface area contributed by atoms with Gasteiger partial charge in [0, 0.05) is 9.75 Å². The van der Waals surface area contributed by atoms with Gasteiger partial charge in [-0.2, -0.15) is 0 Å². The first-order valence-corrected chi connectivity index (χ1v) is 9.54. The Hall–Kier alpha value is -2.16. The molecule has 0 N–H and O–H groups in total. The predicted molar refractivity (Wildman–Crippen MR) is 98.5 cm³/mol. The Bertz CT molecular complexity index is 993. The van der Waals surface area contributed by atoms with Gasteiger partial charge in [0.05, 0.1) is 5.41 Å². The lowest BCUT2D eigenvalue weighted by molar-refractivity contribution is 0.830. The summed E-state index contributed by atoms with van der Waals surface area (Å²) in [6.07, 6.45) is 0. The maximum absolute atomic E-state index is 2.33. The van der Waals surface area contributed by atoms with Gasteiger partial charge in [0.2, 0.25) is 0 Å². The Kier molecular flexibility index (Phi) is 2.15. The third kappa shape index (κ3) is 1.22. The minimum Gasteiger partial charge on any atom is -0.147 e. The molecule has 0 atom stereocenters. The van der Waals surface area contributed by atoms with Crippen LogP contribution in [0.2, 0.25) is 0 Å². The number of benzene rings is 2. The molecule has 0 nitrogen and oxygen atoms in total. The summed E-state index contributed by atoms with van der Waals surface area (Å²) in [5.41, 5.74) is 8.46. The Labute approximate surface area is 142 Å². The van der Waals surface area contributed by atoms with Gasteiger partial charge in [-0.1, -0.05) is 48.5 Å². The summed E-state index contributed by atoms with van der Waals surface area (Å²) in [6.45, 7) is 0. The molecule has 0 saturated heterocycles. The number of rotatable bonds is 0. The van der Waals surface area contributed by atoms with Crippen molar-refractivity contribution < 1.29 is 0 Å². The Morgan fingerprint density at radius 1 is 0.522 bits per heavy atom. The molecule has 2 heterocycles. The van der Waals surface area contributed by atoms with Crippen molar-refractivity contribution >= 4 is 22.7 Å². The second kappa shape index (κ2) is 4.02. The van der Waals surface area contributed by atoms with E-state index in [0.29, 0.717) is 0 Å². The molecule has 0 amide bonds. The largest absolute Gasteiger partial charge is 0.147 e. The molecular weight excluding hydrogens is 316 g/mol. The smallest absolute Gasteiger partial charge is 0.0911 e. The van der Waals surface area contributed by atoms with E-state index < -0.39 is 0 Å². The van der Waals surface area contributed by atoms with Crippen LogP contribution in [0.25, 0.3) is 22.3 Å². The van der Waals surface area contributed by atoms with Crippen molar-refractivity contribution in [3.05, 3.63) is 92.3 Å². The van der Waals surface area contributed by atoms with Crippen LogP contribution in [-0.2, 0) is 5.41 Å². The zero-order valence-corrected chi connectivity index (χ0v) is 13.9. The zero-order valence-electron chi connectivity index (χ0n) is 12.2. The summed E-state index contributed by atoms with van der Waals surface area (Å²) >= 11 is 3.81. The molecule has 2 aromatic carbocycles. The number of fused-ring (bicyclic) bond motifs is 10. The van der Waals surface area contributed by atoms with E-state index in [0.717, 1.165) is 0 Å². The Morgan fingerprint density at radius 3 is 1.52 bits per heavy atom. The standard InChI is InChI=1S/C21H12S2/c1-3-7-17-13(5-1)14-6-2-4-8-18(14)21(17)19-15(9-11-22-19)16-10-12-23-20(16)21/h1-12H. The van der Waals surface area contributed by atoms with Crippen LogP contribution in [0, 0.1) is 0 Å². The van der Waals surface area contributed by atoms with Gasteiger partial charge >= 0.3 is 0 Å². The second-order valence-electron chi connectivity index (χ2n) is 6.17. The minimum atomic E-state index is -0.0831. The van der Waals surface area contributed by atoms with Crippen molar-refractivity contribution in [2.45, 2.75) is 5.41 Å². The van der Waals surface area contributed by atoms with E-state index in [1.54, 1.807) is 0 Å². The van der Waals surface area contributed by atoms with Crippen LogP contribution in [0.3, 0.4) is 0 Å². The first kappa shape index (κ1) is 12.3. The normalized spacial score (nSPS) is 15.3. The van der Waals surface area contributed by atoms with E-state index in [1.165, 1.54) is 43.1 Å². The summed E-state index contributed by atoms with van der Waals surface area (Å²) in [6, 6.07) is 22.5. The number of hydrogen-bond acceptors (Lipinski definition) is 2. The SMILES string of the molecule is c1ccc2c(c1)-c1ccccc1C21c2sccc2-c2ccsc21. The molecule has 2 heteroatoms. The van der Waals surface area contributed by atoms with Crippen molar-refractivity contribution in [2.75, 3.05) is 0 Å². The van der Waals surface area contributed by atoms with Crippen molar-refractivity contribution in [3.8, 4) is 22.3 Å². The molecule has 0 unspecified atom stereocenters. The number of hydrogen-bond donors (Lipinski definition) is 0. The van der Waals surface area contributed by atoms with Crippen LogP contribution in [-0.4, -0.2) is 0 Å². The summed E-state index contributed by atoms with van der Waals surface area (Å²) in [7, 11) is 0. The first-order valence-electron chi connectivity index (χ1n) is 7.78. The fourth-order valence-corrected chi connectivity index (χ4v) is 6.80. The second-order valence-corrected chi connectivity index (χ2v) is 8.00. The third-order valence-electron chi connectivity index (χ3n) is 5.25. The molecule has 0 aliphatic heterocycles. The molecule has 2 aromatic heterocycles. The van der Waals surface area contributed by atoms with Crippen molar-refractivity contribution in [1.82, 2.24) is 0 Å². The third-order valence-corrected chi connectivity index (χ3v) is 7.32. The molecule has 2 aliphatic rings. The zero-order chi connectivity index (χ0) is 15.0. The van der Waals surface area contributed by atoms with Crippen molar-refractivity contribution in [1.29, 1.82) is 0 Å². The van der Waals surface area contributed by atoms with Crippen molar-refractivity contribution in [2.24, 2.45) is 0 Å². The molecule has 0 bridgehead atoms. The first-order chi connectivity index (χ1) is 11.4. The maximum atomic E-state index is 2.33. The van der Waals surface area contributed by atoms with Gasteiger partial charge in [0.15, 0.2) is 0 Å². The Morgan fingerprint density at radius 2 is 1.00 bits per heavy atom.